The molecule has 0 aromatic heterocycles. The summed E-state index contributed by atoms with van der Waals surface area (Å²) in [5, 5.41) is 7.25. The Morgan fingerprint density at radius 3 is 2.33 bits per heavy atom. The van der Waals surface area contributed by atoms with Crippen LogP contribution in [0.25, 0.3) is 0 Å². The molecule has 1 rings (SSSR count). The number of hydrogen-bond acceptors (Lipinski definition) is 2. The van der Waals surface area contributed by atoms with Crippen LogP contribution in [-0.2, 0) is 0 Å². The predicted octanol–water partition coefficient (Wildman–Crippen LogP) is 1.19. The summed E-state index contributed by atoms with van der Waals surface area (Å²) in [4.78, 5) is 2.33. The molecule has 2 atom stereocenters. The Hall–Kier alpha value is -0.570. The van der Waals surface area contributed by atoms with Gasteiger partial charge in [0.1, 0.15) is 5.84 Å². The van der Waals surface area contributed by atoms with E-state index in [0.29, 0.717) is 18.6 Å². The van der Waals surface area contributed by atoms with Crippen LogP contribution in [-0.4, -0.2) is 29.4 Å². The van der Waals surface area contributed by atoms with Crippen LogP contribution in [0.4, 0.5) is 0 Å². The van der Waals surface area contributed by atoms with E-state index in [-0.39, 0.29) is 5.84 Å². The van der Waals surface area contributed by atoms with Crippen molar-refractivity contribution < 1.29 is 0 Å². The molecular formula is C9H19N3. The van der Waals surface area contributed by atoms with Crippen LogP contribution in [0.1, 0.15) is 33.1 Å². The summed E-state index contributed by atoms with van der Waals surface area (Å²) >= 11 is 0. The van der Waals surface area contributed by atoms with E-state index in [1.807, 2.05) is 0 Å². The Morgan fingerprint density at radius 1 is 1.42 bits per heavy atom. The lowest BCUT2D eigenvalue weighted by atomic mass is 9.97. The maximum Gasteiger partial charge on any atom is 0.105 e. The number of likely N-dealkylation sites (tertiary alicyclic amines) is 1. The maximum absolute atomic E-state index is 7.25. The van der Waals surface area contributed by atoms with Crippen molar-refractivity contribution in [3.63, 3.8) is 0 Å². The third kappa shape index (κ3) is 2.21. The molecule has 70 valence electrons. The molecule has 3 N–H and O–H groups in total. The minimum absolute atomic E-state index is 0.288. The first-order valence-electron chi connectivity index (χ1n) is 4.70. The first-order valence-corrected chi connectivity index (χ1v) is 4.70. The fraction of sp³-hybridized carbons (Fsp3) is 0.889. The lowest BCUT2D eigenvalue weighted by Gasteiger charge is -2.38. The van der Waals surface area contributed by atoms with Crippen LogP contribution in [0, 0.1) is 5.41 Å². The lowest BCUT2D eigenvalue weighted by Crippen LogP contribution is -2.47. The standard InChI is InChI=1S/C9H19N3/c1-7-4-3-5-8(2)12(7)6-9(10)11/h7-8H,3-6H2,1-2H3,(H3,10,11). The average molecular weight is 169 g/mol. The highest BCUT2D eigenvalue weighted by molar-refractivity contribution is 5.79. The summed E-state index contributed by atoms with van der Waals surface area (Å²) in [7, 11) is 0. The van der Waals surface area contributed by atoms with Gasteiger partial charge in [-0.05, 0) is 26.7 Å². The van der Waals surface area contributed by atoms with E-state index in [4.69, 9.17) is 11.1 Å². The zero-order valence-corrected chi connectivity index (χ0v) is 8.01. The highest BCUT2D eigenvalue weighted by Crippen LogP contribution is 2.21. The Balaban J connectivity index is 2.50. The van der Waals surface area contributed by atoms with Gasteiger partial charge in [-0.2, -0.15) is 0 Å². The van der Waals surface area contributed by atoms with Crippen molar-refractivity contribution in [1.29, 1.82) is 5.41 Å². The number of nitrogens with zero attached hydrogens (tertiary/aromatic N) is 1. The molecular weight excluding hydrogens is 150 g/mol. The van der Waals surface area contributed by atoms with Gasteiger partial charge in [0.15, 0.2) is 0 Å². The molecule has 0 spiro atoms. The summed E-state index contributed by atoms with van der Waals surface area (Å²) in [6, 6.07) is 1.19. The lowest BCUT2D eigenvalue weighted by molar-refractivity contribution is 0.123. The highest BCUT2D eigenvalue weighted by atomic mass is 15.2. The van der Waals surface area contributed by atoms with E-state index >= 15 is 0 Å². The van der Waals surface area contributed by atoms with E-state index in [1.165, 1.54) is 19.3 Å². The molecule has 0 bridgehead atoms. The second-order valence-electron chi connectivity index (χ2n) is 3.83. The van der Waals surface area contributed by atoms with E-state index in [9.17, 15) is 0 Å². The van der Waals surface area contributed by atoms with E-state index in [2.05, 4.69) is 18.7 Å². The monoisotopic (exact) mass is 169 g/mol. The van der Waals surface area contributed by atoms with Gasteiger partial charge in [-0.1, -0.05) is 6.42 Å². The molecule has 0 aromatic carbocycles. The SMILES string of the molecule is CC1CCCC(C)N1CC(=N)N. The Kier molecular flexibility index (Phi) is 3.09. The summed E-state index contributed by atoms with van der Waals surface area (Å²) < 4.78 is 0. The highest BCUT2D eigenvalue weighted by Gasteiger charge is 2.24. The molecule has 0 saturated carbocycles. The normalized spacial score (nSPS) is 31.8. The minimum Gasteiger partial charge on any atom is -0.387 e. The summed E-state index contributed by atoms with van der Waals surface area (Å²) in [6.07, 6.45) is 3.81. The first kappa shape index (κ1) is 9.52. The first-order chi connectivity index (χ1) is 5.61. The fourth-order valence-corrected chi connectivity index (χ4v) is 1.98. The summed E-state index contributed by atoms with van der Waals surface area (Å²) in [5.41, 5.74) is 5.39. The number of rotatable bonds is 2. The fourth-order valence-electron chi connectivity index (χ4n) is 1.98. The molecule has 1 aliphatic rings. The number of amidine groups is 1. The van der Waals surface area contributed by atoms with E-state index < -0.39 is 0 Å². The van der Waals surface area contributed by atoms with Crippen molar-refractivity contribution in [2.75, 3.05) is 6.54 Å². The second-order valence-corrected chi connectivity index (χ2v) is 3.83. The van der Waals surface area contributed by atoms with Crippen molar-refractivity contribution >= 4 is 5.84 Å². The van der Waals surface area contributed by atoms with Crippen molar-refractivity contribution in [3.8, 4) is 0 Å². The molecule has 1 heterocycles. The van der Waals surface area contributed by atoms with Crippen molar-refractivity contribution in [2.24, 2.45) is 5.73 Å². The molecule has 1 fully saturated rings. The van der Waals surface area contributed by atoms with Gasteiger partial charge in [0.2, 0.25) is 0 Å². The van der Waals surface area contributed by atoms with Crippen LogP contribution in [0.2, 0.25) is 0 Å². The van der Waals surface area contributed by atoms with Gasteiger partial charge in [-0.25, -0.2) is 0 Å². The van der Waals surface area contributed by atoms with Crippen LogP contribution < -0.4 is 5.73 Å². The van der Waals surface area contributed by atoms with Gasteiger partial charge >= 0.3 is 0 Å². The number of hydrogen-bond donors (Lipinski definition) is 2. The van der Waals surface area contributed by atoms with Gasteiger partial charge in [-0.15, -0.1) is 0 Å². The quantitative estimate of drug-likeness (QED) is 0.482. The summed E-state index contributed by atoms with van der Waals surface area (Å²) in [5.74, 6) is 0.288. The minimum atomic E-state index is 0.288. The number of nitrogens with two attached hydrogens (primary N) is 1. The molecule has 0 aromatic rings. The van der Waals surface area contributed by atoms with Gasteiger partial charge in [0.05, 0.1) is 6.54 Å². The zero-order chi connectivity index (χ0) is 9.14. The van der Waals surface area contributed by atoms with E-state index in [0.717, 1.165) is 0 Å². The maximum atomic E-state index is 7.25. The van der Waals surface area contributed by atoms with Gasteiger partial charge in [-0.3, -0.25) is 10.3 Å². The number of nitrogens with one attached hydrogen (secondary N) is 1. The van der Waals surface area contributed by atoms with Gasteiger partial charge in [0.25, 0.3) is 0 Å². The van der Waals surface area contributed by atoms with Crippen molar-refractivity contribution in [3.05, 3.63) is 0 Å². The molecule has 3 heteroatoms. The van der Waals surface area contributed by atoms with Gasteiger partial charge in [0, 0.05) is 12.1 Å². The molecule has 3 nitrogen and oxygen atoms in total. The molecule has 12 heavy (non-hydrogen) atoms. The van der Waals surface area contributed by atoms with Crippen molar-refractivity contribution in [2.45, 2.75) is 45.2 Å². The average Bonchev–Trinajstić information content (AvgIpc) is 1.97. The topological polar surface area (TPSA) is 53.1 Å². The molecule has 1 aliphatic heterocycles. The smallest absolute Gasteiger partial charge is 0.105 e. The van der Waals surface area contributed by atoms with Crippen LogP contribution in [0.15, 0.2) is 0 Å². The largest absolute Gasteiger partial charge is 0.387 e. The molecule has 0 radical (unpaired) electrons. The Bertz CT molecular complexity index is 157. The summed E-state index contributed by atoms with van der Waals surface area (Å²) in [6.45, 7) is 5.08. The zero-order valence-electron chi connectivity index (χ0n) is 8.01. The molecule has 1 saturated heterocycles. The number of piperidine rings is 1. The van der Waals surface area contributed by atoms with Crippen LogP contribution >= 0.6 is 0 Å². The van der Waals surface area contributed by atoms with Gasteiger partial charge < -0.3 is 5.73 Å². The Labute approximate surface area is 74.4 Å². The third-order valence-corrected chi connectivity index (χ3v) is 2.73. The van der Waals surface area contributed by atoms with E-state index in [1.54, 1.807) is 0 Å². The predicted molar refractivity (Wildman–Crippen MR) is 51.4 cm³/mol. The van der Waals surface area contributed by atoms with Crippen LogP contribution in [0.3, 0.4) is 0 Å². The van der Waals surface area contributed by atoms with Crippen molar-refractivity contribution in [1.82, 2.24) is 4.90 Å². The third-order valence-electron chi connectivity index (χ3n) is 2.73. The Morgan fingerprint density at radius 2 is 1.92 bits per heavy atom. The molecule has 0 amide bonds. The molecule has 2 unspecified atom stereocenters. The van der Waals surface area contributed by atoms with Crippen LogP contribution in [0.5, 0.6) is 0 Å². The molecule has 0 aliphatic carbocycles. The second kappa shape index (κ2) is 3.90.